The van der Waals surface area contributed by atoms with Crippen molar-refractivity contribution in [2.45, 2.75) is 26.2 Å². The van der Waals surface area contributed by atoms with Gasteiger partial charge < -0.3 is 14.5 Å². The Hall–Kier alpha value is -3.15. The maximum atomic E-state index is 13.6. The largest absolute Gasteiger partial charge is 0.496 e. The minimum atomic E-state index is -0.339. The summed E-state index contributed by atoms with van der Waals surface area (Å²) in [5, 5.41) is 0.945. The molecule has 5 nitrogen and oxygen atoms in total. The van der Waals surface area contributed by atoms with Gasteiger partial charge in [0.25, 0.3) is 0 Å². The van der Waals surface area contributed by atoms with Gasteiger partial charge in [-0.05, 0) is 61.6 Å². The Bertz CT molecular complexity index is 1090. The maximum Gasteiger partial charge on any atom is 0.309 e. The van der Waals surface area contributed by atoms with Crippen LogP contribution in [0.3, 0.4) is 0 Å². The van der Waals surface area contributed by atoms with Gasteiger partial charge in [0.2, 0.25) is 0 Å². The van der Waals surface area contributed by atoms with Gasteiger partial charge in [-0.25, -0.2) is 9.37 Å². The SMILES string of the molecule is CCOC(=O)C1CC=C(c2cc3c(-c4ccc(F)cc4OC)ccnc3[nH]2)CC1. The lowest BCUT2D eigenvalue weighted by Crippen LogP contribution is -2.19. The summed E-state index contributed by atoms with van der Waals surface area (Å²) in [6.07, 6.45) is 6.08. The number of fused-ring (bicyclic) bond motifs is 1. The van der Waals surface area contributed by atoms with Crippen LogP contribution >= 0.6 is 0 Å². The van der Waals surface area contributed by atoms with Crippen molar-refractivity contribution in [2.24, 2.45) is 5.92 Å². The summed E-state index contributed by atoms with van der Waals surface area (Å²) in [4.78, 5) is 19.8. The Morgan fingerprint density at radius 3 is 2.86 bits per heavy atom. The van der Waals surface area contributed by atoms with Crippen molar-refractivity contribution in [3.05, 3.63) is 54.1 Å². The van der Waals surface area contributed by atoms with Crippen molar-refractivity contribution >= 4 is 22.6 Å². The molecule has 29 heavy (non-hydrogen) atoms. The van der Waals surface area contributed by atoms with Crippen molar-refractivity contribution < 1.29 is 18.7 Å². The Balaban J connectivity index is 1.68. The normalized spacial score (nSPS) is 16.5. The van der Waals surface area contributed by atoms with Gasteiger partial charge in [0, 0.05) is 28.9 Å². The average Bonchev–Trinajstić information content (AvgIpc) is 3.18. The number of benzene rings is 1. The fourth-order valence-corrected chi connectivity index (χ4v) is 3.88. The van der Waals surface area contributed by atoms with E-state index in [2.05, 4.69) is 22.1 Å². The molecule has 1 atom stereocenters. The predicted molar refractivity (Wildman–Crippen MR) is 110 cm³/mol. The summed E-state index contributed by atoms with van der Waals surface area (Å²) >= 11 is 0. The molecular formula is C23H23FN2O3. The maximum absolute atomic E-state index is 13.6. The van der Waals surface area contributed by atoms with E-state index in [0.717, 1.165) is 40.7 Å². The van der Waals surface area contributed by atoms with Crippen molar-refractivity contribution in [1.82, 2.24) is 9.97 Å². The molecule has 4 rings (SSSR count). The Labute approximate surface area is 168 Å². The van der Waals surface area contributed by atoms with Crippen LogP contribution in [0.4, 0.5) is 4.39 Å². The standard InChI is InChI=1S/C23H23FN2O3/c1-3-29-23(27)15-6-4-14(5-7-15)20-13-19-17(10-11-25-22(19)26-20)18-9-8-16(24)12-21(18)28-2/h4,8-13,15H,3,5-7H2,1-2H3,(H,25,26). The molecule has 3 aromatic rings. The van der Waals surface area contributed by atoms with Crippen LogP contribution in [0.1, 0.15) is 31.9 Å². The smallest absolute Gasteiger partial charge is 0.309 e. The molecule has 150 valence electrons. The number of carbonyl (C=O) groups is 1. The minimum absolute atomic E-state index is 0.0692. The summed E-state index contributed by atoms with van der Waals surface area (Å²) in [5.74, 6) is -0.0457. The van der Waals surface area contributed by atoms with Crippen LogP contribution in [0.5, 0.6) is 5.75 Å². The first kappa shape index (κ1) is 19.2. The van der Waals surface area contributed by atoms with Gasteiger partial charge in [-0.1, -0.05) is 6.08 Å². The molecule has 1 unspecified atom stereocenters. The molecule has 0 bridgehead atoms. The van der Waals surface area contributed by atoms with Crippen molar-refractivity contribution in [3.8, 4) is 16.9 Å². The number of hydrogen-bond acceptors (Lipinski definition) is 4. The van der Waals surface area contributed by atoms with E-state index < -0.39 is 0 Å². The molecular weight excluding hydrogens is 371 g/mol. The zero-order valence-corrected chi connectivity index (χ0v) is 16.5. The van der Waals surface area contributed by atoms with Crippen molar-refractivity contribution in [2.75, 3.05) is 13.7 Å². The Morgan fingerprint density at radius 1 is 1.28 bits per heavy atom. The Morgan fingerprint density at radius 2 is 2.14 bits per heavy atom. The molecule has 0 spiro atoms. The second-order valence-corrected chi connectivity index (χ2v) is 7.10. The van der Waals surface area contributed by atoms with E-state index in [1.165, 1.54) is 24.8 Å². The monoisotopic (exact) mass is 394 g/mol. The summed E-state index contributed by atoms with van der Waals surface area (Å²) in [5.41, 5.74) is 4.66. The summed E-state index contributed by atoms with van der Waals surface area (Å²) < 4.78 is 24.1. The van der Waals surface area contributed by atoms with Crippen LogP contribution in [0, 0.1) is 11.7 Å². The Kier molecular flexibility index (Phi) is 5.34. The minimum Gasteiger partial charge on any atom is -0.496 e. The number of methoxy groups -OCH3 is 1. The fourth-order valence-electron chi connectivity index (χ4n) is 3.88. The number of H-pyrrole nitrogens is 1. The number of halogens is 1. The van der Waals surface area contributed by atoms with Gasteiger partial charge in [-0.2, -0.15) is 0 Å². The van der Waals surface area contributed by atoms with Crippen LogP contribution in [0.25, 0.3) is 27.7 Å². The lowest BCUT2D eigenvalue weighted by molar-refractivity contribution is -0.148. The van der Waals surface area contributed by atoms with Gasteiger partial charge in [0.05, 0.1) is 19.6 Å². The van der Waals surface area contributed by atoms with E-state index in [1.54, 1.807) is 12.3 Å². The summed E-state index contributed by atoms with van der Waals surface area (Å²) in [6, 6.07) is 8.50. The quantitative estimate of drug-likeness (QED) is 0.610. The van der Waals surface area contributed by atoms with Gasteiger partial charge in [-0.15, -0.1) is 0 Å². The molecule has 0 amide bonds. The number of nitrogens with zero attached hydrogens (tertiary/aromatic N) is 1. The lowest BCUT2D eigenvalue weighted by Gasteiger charge is -2.19. The van der Waals surface area contributed by atoms with E-state index in [4.69, 9.17) is 9.47 Å². The molecule has 1 N–H and O–H groups in total. The summed E-state index contributed by atoms with van der Waals surface area (Å²) in [7, 11) is 1.53. The third kappa shape index (κ3) is 3.75. The van der Waals surface area contributed by atoms with Crippen LogP contribution in [0.15, 0.2) is 42.6 Å². The van der Waals surface area contributed by atoms with Crippen molar-refractivity contribution in [1.29, 1.82) is 0 Å². The zero-order valence-electron chi connectivity index (χ0n) is 16.5. The molecule has 0 saturated carbocycles. The number of carbonyl (C=O) groups excluding carboxylic acids is 1. The second-order valence-electron chi connectivity index (χ2n) is 7.10. The van der Waals surface area contributed by atoms with E-state index in [1.807, 2.05) is 13.0 Å². The first-order valence-electron chi connectivity index (χ1n) is 9.78. The van der Waals surface area contributed by atoms with Crippen LogP contribution in [0.2, 0.25) is 0 Å². The molecule has 0 fully saturated rings. The van der Waals surface area contributed by atoms with Crippen molar-refractivity contribution in [3.63, 3.8) is 0 Å². The molecule has 0 radical (unpaired) electrons. The number of aromatic amines is 1. The van der Waals surface area contributed by atoms with Gasteiger partial charge in [0.15, 0.2) is 0 Å². The average molecular weight is 394 g/mol. The summed E-state index contributed by atoms with van der Waals surface area (Å²) in [6.45, 7) is 2.24. The topological polar surface area (TPSA) is 64.2 Å². The number of allylic oxidation sites excluding steroid dienone is 2. The highest BCUT2D eigenvalue weighted by Crippen LogP contribution is 2.37. The van der Waals surface area contributed by atoms with Crippen LogP contribution in [-0.4, -0.2) is 29.7 Å². The molecule has 1 aromatic carbocycles. The highest BCUT2D eigenvalue weighted by molar-refractivity contribution is 5.96. The second kappa shape index (κ2) is 8.07. The molecule has 6 heteroatoms. The van der Waals surface area contributed by atoms with Crippen LogP contribution < -0.4 is 4.74 Å². The lowest BCUT2D eigenvalue weighted by atomic mass is 9.88. The first-order chi connectivity index (χ1) is 14.1. The molecule has 0 saturated heterocycles. The van der Waals surface area contributed by atoms with E-state index in [9.17, 15) is 9.18 Å². The number of nitrogens with one attached hydrogen (secondary N) is 1. The molecule has 1 aliphatic rings. The van der Waals surface area contributed by atoms with Gasteiger partial charge in [-0.3, -0.25) is 4.79 Å². The molecule has 2 aromatic heterocycles. The number of rotatable bonds is 5. The van der Waals surface area contributed by atoms with Gasteiger partial charge in [0.1, 0.15) is 17.2 Å². The number of pyridine rings is 1. The number of esters is 1. The fraction of sp³-hybridized carbons (Fsp3) is 0.304. The van der Waals surface area contributed by atoms with E-state index in [0.29, 0.717) is 18.8 Å². The third-order valence-corrected chi connectivity index (χ3v) is 5.36. The molecule has 2 heterocycles. The highest BCUT2D eigenvalue weighted by atomic mass is 19.1. The zero-order chi connectivity index (χ0) is 20.4. The number of ether oxygens (including phenoxy) is 2. The molecule has 1 aliphatic carbocycles. The number of aromatic nitrogens is 2. The van der Waals surface area contributed by atoms with Gasteiger partial charge >= 0.3 is 5.97 Å². The third-order valence-electron chi connectivity index (χ3n) is 5.36. The van der Waals surface area contributed by atoms with E-state index in [-0.39, 0.29) is 17.7 Å². The number of hydrogen-bond donors (Lipinski definition) is 1. The predicted octanol–water partition coefficient (Wildman–Crippen LogP) is 5.12. The van der Waals surface area contributed by atoms with Crippen LogP contribution in [-0.2, 0) is 9.53 Å². The van der Waals surface area contributed by atoms with E-state index >= 15 is 0 Å². The first-order valence-corrected chi connectivity index (χ1v) is 9.78. The highest BCUT2D eigenvalue weighted by Gasteiger charge is 2.24. The molecule has 0 aliphatic heterocycles.